The summed E-state index contributed by atoms with van der Waals surface area (Å²) in [4.78, 5) is 4.55. The third-order valence-electron chi connectivity index (χ3n) is 2.99. The third kappa shape index (κ3) is 3.20. The Morgan fingerprint density at radius 2 is 1.89 bits per heavy atom. The van der Waals surface area contributed by atoms with Crippen molar-refractivity contribution in [3.8, 4) is 11.5 Å². The molecule has 1 aromatic heterocycles. The molecule has 1 heterocycles. The van der Waals surface area contributed by atoms with Gasteiger partial charge in [0.1, 0.15) is 5.76 Å². The number of hydrogen-bond donors (Lipinski definition) is 1. The van der Waals surface area contributed by atoms with E-state index >= 15 is 0 Å². The molecule has 0 unspecified atom stereocenters. The zero-order valence-electron chi connectivity index (χ0n) is 10.7. The average molecular weight is 245 g/mol. The number of nitrogens with zero attached hydrogens (tertiary/aromatic N) is 1. The van der Waals surface area contributed by atoms with Gasteiger partial charge in [-0.25, -0.2) is 4.98 Å². The Morgan fingerprint density at radius 1 is 1.11 bits per heavy atom. The van der Waals surface area contributed by atoms with Gasteiger partial charge in [-0.15, -0.1) is 0 Å². The van der Waals surface area contributed by atoms with Gasteiger partial charge in [-0.05, 0) is 38.3 Å². The van der Waals surface area contributed by atoms with Crippen molar-refractivity contribution in [3.63, 3.8) is 0 Å². The predicted octanol–water partition coefficient (Wildman–Crippen LogP) is 3.36. The fourth-order valence-electron chi connectivity index (χ4n) is 1.95. The molecule has 0 aliphatic heterocycles. The summed E-state index contributed by atoms with van der Waals surface area (Å²) in [7, 11) is 0. The summed E-state index contributed by atoms with van der Waals surface area (Å²) in [5.41, 5.74) is 2.05. The number of rotatable bonds is 6. The molecule has 0 spiro atoms. The molecule has 0 aliphatic carbocycles. The van der Waals surface area contributed by atoms with E-state index in [-0.39, 0.29) is 6.61 Å². The number of aliphatic hydroxyl groups is 1. The molecule has 96 valence electrons. The van der Waals surface area contributed by atoms with Crippen LogP contribution >= 0.6 is 0 Å². The average Bonchev–Trinajstić information content (AvgIpc) is 2.77. The second-order valence-electron chi connectivity index (χ2n) is 4.42. The largest absolute Gasteiger partial charge is 0.441 e. The lowest BCUT2D eigenvalue weighted by molar-refractivity contribution is 0.283. The highest BCUT2D eigenvalue weighted by Gasteiger charge is 2.10. The lowest BCUT2D eigenvalue weighted by Crippen LogP contribution is -1.90. The Labute approximate surface area is 107 Å². The fraction of sp³-hybridized carbons (Fsp3) is 0.400. The summed E-state index contributed by atoms with van der Waals surface area (Å²) < 4.78 is 5.70. The van der Waals surface area contributed by atoms with Gasteiger partial charge in [-0.3, -0.25) is 0 Å². The standard InChI is InChI=1S/C15H19NO2/c1-12-14(10-6-3-7-11-17)16-15(18-12)13-8-4-2-5-9-13/h2,4-5,8-9,17H,3,6-7,10-11H2,1H3. The highest BCUT2D eigenvalue weighted by atomic mass is 16.4. The maximum atomic E-state index is 8.74. The molecule has 2 aromatic rings. The number of benzene rings is 1. The molecule has 0 bridgehead atoms. The van der Waals surface area contributed by atoms with Crippen molar-refractivity contribution in [2.45, 2.75) is 32.6 Å². The van der Waals surface area contributed by atoms with Crippen LogP contribution in [0.5, 0.6) is 0 Å². The summed E-state index contributed by atoms with van der Waals surface area (Å²) >= 11 is 0. The minimum absolute atomic E-state index is 0.271. The molecule has 1 N–H and O–H groups in total. The topological polar surface area (TPSA) is 46.3 Å². The molecule has 0 saturated heterocycles. The van der Waals surface area contributed by atoms with Crippen molar-refractivity contribution in [2.75, 3.05) is 6.61 Å². The van der Waals surface area contributed by atoms with Gasteiger partial charge in [0, 0.05) is 12.2 Å². The normalized spacial score (nSPS) is 10.8. The molecule has 3 heteroatoms. The van der Waals surface area contributed by atoms with Gasteiger partial charge >= 0.3 is 0 Å². The summed E-state index contributed by atoms with van der Waals surface area (Å²) in [5.74, 6) is 1.60. The summed E-state index contributed by atoms with van der Waals surface area (Å²) in [6.45, 7) is 2.23. The molecule has 3 nitrogen and oxygen atoms in total. The molecule has 18 heavy (non-hydrogen) atoms. The minimum atomic E-state index is 0.271. The maximum Gasteiger partial charge on any atom is 0.226 e. The van der Waals surface area contributed by atoms with Crippen molar-refractivity contribution in [2.24, 2.45) is 0 Å². The first-order chi connectivity index (χ1) is 8.81. The van der Waals surface area contributed by atoms with E-state index in [0.29, 0.717) is 5.89 Å². The SMILES string of the molecule is Cc1oc(-c2ccccc2)nc1CCCCCO. The highest BCUT2D eigenvalue weighted by molar-refractivity contribution is 5.53. The van der Waals surface area contributed by atoms with E-state index in [1.807, 2.05) is 37.3 Å². The molecular formula is C15H19NO2. The van der Waals surface area contributed by atoms with Crippen molar-refractivity contribution in [1.29, 1.82) is 0 Å². The summed E-state index contributed by atoms with van der Waals surface area (Å²) in [5, 5.41) is 8.74. The van der Waals surface area contributed by atoms with Gasteiger partial charge in [-0.2, -0.15) is 0 Å². The number of aromatic nitrogens is 1. The van der Waals surface area contributed by atoms with E-state index in [1.165, 1.54) is 0 Å². The van der Waals surface area contributed by atoms with Crippen LogP contribution in [-0.4, -0.2) is 16.7 Å². The van der Waals surface area contributed by atoms with Crippen molar-refractivity contribution < 1.29 is 9.52 Å². The second kappa shape index (κ2) is 6.36. The van der Waals surface area contributed by atoms with Gasteiger partial charge in [0.05, 0.1) is 5.69 Å². The van der Waals surface area contributed by atoms with Gasteiger partial charge in [0.2, 0.25) is 5.89 Å². The molecule has 0 saturated carbocycles. The second-order valence-corrected chi connectivity index (χ2v) is 4.42. The molecule has 0 radical (unpaired) electrons. The van der Waals surface area contributed by atoms with E-state index in [1.54, 1.807) is 0 Å². The molecule has 2 rings (SSSR count). The Morgan fingerprint density at radius 3 is 2.61 bits per heavy atom. The summed E-state index contributed by atoms with van der Waals surface area (Å²) in [6.07, 6.45) is 3.86. The van der Waals surface area contributed by atoms with Crippen LogP contribution in [0.4, 0.5) is 0 Å². The number of aliphatic hydroxyl groups excluding tert-OH is 1. The Hall–Kier alpha value is -1.61. The van der Waals surface area contributed by atoms with Crippen LogP contribution in [0.15, 0.2) is 34.7 Å². The quantitative estimate of drug-likeness (QED) is 0.794. The Kier molecular flexibility index (Phi) is 4.53. The lowest BCUT2D eigenvalue weighted by atomic mass is 10.1. The molecular weight excluding hydrogens is 226 g/mol. The predicted molar refractivity (Wildman–Crippen MR) is 71.3 cm³/mol. The van der Waals surface area contributed by atoms with Crippen LogP contribution in [-0.2, 0) is 6.42 Å². The first-order valence-corrected chi connectivity index (χ1v) is 6.44. The summed E-state index contributed by atoms with van der Waals surface area (Å²) in [6, 6.07) is 9.95. The van der Waals surface area contributed by atoms with Gasteiger partial charge in [-0.1, -0.05) is 24.6 Å². The van der Waals surface area contributed by atoms with Crippen molar-refractivity contribution in [1.82, 2.24) is 4.98 Å². The smallest absolute Gasteiger partial charge is 0.226 e. The van der Waals surface area contributed by atoms with E-state index < -0.39 is 0 Å². The Bertz CT molecular complexity index is 476. The van der Waals surface area contributed by atoms with Gasteiger partial charge in [0.25, 0.3) is 0 Å². The third-order valence-corrected chi connectivity index (χ3v) is 2.99. The highest BCUT2D eigenvalue weighted by Crippen LogP contribution is 2.22. The van der Waals surface area contributed by atoms with Crippen LogP contribution in [0.1, 0.15) is 30.7 Å². The molecule has 0 amide bonds. The monoisotopic (exact) mass is 245 g/mol. The molecule has 1 aromatic carbocycles. The van der Waals surface area contributed by atoms with E-state index in [2.05, 4.69) is 4.98 Å². The number of oxazole rings is 1. The number of aryl methyl sites for hydroxylation is 2. The van der Waals surface area contributed by atoms with Gasteiger partial charge in [0.15, 0.2) is 0 Å². The van der Waals surface area contributed by atoms with E-state index in [0.717, 1.165) is 42.7 Å². The van der Waals surface area contributed by atoms with Crippen LogP contribution in [0, 0.1) is 6.92 Å². The van der Waals surface area contributed by atoms with E-state index in [9.17, 15) is 0 Å². The maximum absolute atomic E-state index is 8.74. The zero-order valence-corrected chi connectivity index (χ0v) is 10.7. The first kappa shape index (κ1) is 12.8. The van der Waals surface area contributed by atoms with Crippen LogP contribution < -0.4 is 0 Å². The zero-order chi connectivity index (χ0) is 12.8. The van der Waals surface area contributed by atoms with E-state index in [4.69, 9.17) is 9.52 Å². The molecule has 0 atom stereocenters. The minimum Gasteiger partial charge on any atom is -0.441 e. The molecule has 0 aliphatic rings. The Balaban J connectivity index is 2.03. The first-order valence-electron chi connectivity index (χ1n) is 6.44. The van der Waals surface area contributed by atoms with Crippen molar-refractivity contribution >= 4 is 0 Å². The van der Waals surface area contributed by atoms with Crippen molar-refractivity contribution in [3.05, 3.63) is 41.8 Å². The lowest BCUT2D eigenvalue weighted by Gasteiger charge is -1.96. The molecule has 0 fully saturated rings. The van der Waals surface area contributed by atoms with Crippen LogP contribution in [0.3, 0.4) is 0 Å². The number of hydrogen-bond acceptors (Lipinski definition) is 3. The van der Waals surface area contributed by atoms with Gasteiger partial charge < -0.3 is 9.52 Å². The van der Waals surface area contributed by atoms with Crippen LogP contribution in [0.25, 0.3) is 11.5 Å². The number of unbranched alkanes of at least 4 members (excludes halogenated alkanes) is 2. The van der Waals surface area contributed by atoms with Crippen LogP contribution in [0.2, 0.25) is 0 Å². The fourth-order valence-corrected chi connectivity index (χ4v) is 1.95.